The van der Waals surface area contributed by atoms with Gasteiger partial charge in [0, 0.05) is 50.2 Å². The van der Waals surface area contributed by atoms with Crippen molar-refractivity contribution in [3.8, 4) is 11.3 Å². The zero-order valence-corrected chi connectivity index (χ0v) is 16.8. The standard InChI is InChI=1S/C20H23N5O2S/c1-15-11-16(2)13-18(12-15)28(26,27)25-9-7-24(8-10-25)20-14-19(22-23-20)17-3-5-21-6-4-17/h3-6,11-14H,7-10H2,1-2H3,(H,22,23). The lowest BCUT2D eigenvalue weighted by molar-refractivity contribution is 0.383. The van der Waals surface area contributed by atoms with Crippen molar-refractivity contribution in [2.45, 2.75) is 18.7 Å². The molecule has 1 N–H and O–H groups in total. The van der Waals surface area contributed by atoms with E-state index in [0.29, 0.717) is 31.1 Å². The molecule has 1 aliphatic heterocycles. The highest BCUT2D eigenvalue weighted by Crippen LogP contribution is 2.24. The molecule has 0 atom stereocenters. The number of aryl methyl sites for hydroxylation is 2. The Balaban J connectivity index is 1.47. The summed E-state index contributed by atoms with van der Waals surface area (Å²) in [5.41, 5.74) is 3.85. The quantitative estimate of drug-likeness (QED) is 0.732. The van der Waals surface area contributed by atoms with Gasteiger partial charge < -0.3 is 4.90 Å². The zero-order valence-electron chi connectivity index (χ0n) is 16.0. The van der Waals surface area contributed by atoms with Gasteiger partial charge in [-0.1, -0.05) is 6.07 Å². The lowest BCUT2D eigenvalue weighted by Crippen LogP contribution is -2.48. The highest BCUT2D eigenvalue weighted by Gasteiger charge is 2.29. The zero-order chi connectivity index (χ0) is 19.7. The summed E-state index contributed by atoms with van der Waals surface area (Å²) in [5.74, 6) is 0.829. The molecule has 0 bridgehead atoms. The summed E-state index contributed by atoms with van der Waals surface area (Å²) in [5, 5.41) is 7.45. The van der Waals surface area contributed by atoms with Crippen LogP contribution in [0.5, 0.6) is 0 Å². The van der Waals surface area contributed by atoms with Crippen molar-refractivity contribution in [1.29, 1.82) is 0 Å². The van der Waals surface area contributed by atoms with Crippen LogP contribution in [0.3, 0.4) is 0 Å². The molecule has 1 aromatic carbocycles. The van der Waals surface area contributed by atoms with E-state index in [0.717, 1.165) is 28.2 Å². The number of hydrogen-bond acceptors (Lipinski definition) is 5. The fourth-order valence-corrected chi connectivity index (χ4v) is 5.15. The van der Waals surface area contributed by atoms with Crippen LogP contribution >= 0.6 is 0 Å². The number of aromatic amines is 1. The summed E-state index contributed by atoms with van der Waals surface area (Å²) >= 11 is 0. The van der Waals surface area contributed by atoms with E-state index in [4.69, 9.17) is 0 Å². The van der Waals surface area contributed by atoms with Crippen LogP contribution in [-0.2, 0) is 10.0 Å². The van der Waals surface area contributed by atoms with Crippen molar-refractivity contribution in [3.63, 3.8) is 0 Å². The Kier molecular flexibility index (Phi) is 4.91. The molecule has 146 valence electrons. The first kappa shape index (κ1) is 18.6. The molecule has 8 heteroatoms. The van der Waals surface area contributed by atoms with Crippen molar-refractivity contribution in [2.24, 2.45) is 0 Å². The molecule has 0 radical (unpaired) electrons. The number of piperazine rings is 1. The highest BCUT2D eigenvalue weighted by molar-refractivity contribution is 7.89. The summed E-state index contributed by atoms with van der Waals surface area (Å²) < 4.78 is 27.6. The van der Waals surface area contributed by atoms with Crippen LogP contribution in [-0.4, -0.2) is 54.1 Å². The smallest absolute Gasteiger partial charge is 0.243 e. The number of nitrogens with one attached hydrogen (secondary N) is 1. The average molecular weight is 398 g/mol. The molecule has 0 aliphatic carbocycles. The van der Waals surface area contributed by atoms with E-state index >= 15 is 0 Å². The first-order chi connectivity index (χ1) is 13.4. The Morgan fingerprint density at radius 3 is 2.21 bits per heavy atom. The predicted octanol–water partition coefficient (Wildman–Crippen LogP) is 2.60. The van der Waals surface area contributed by atoms with Gasteiger partial charge in [0.2, 0.25) is 10.0 Å². The Hall–Kier alpha value is -2.71. The van der Waals surface area contributed by atoms with Gasteiger partial charge in [0.05, 0.1) is 10.6 Å². The van der Waals surface area contributed by atoms with Gasteiger partial charge in [0.1, 0.15) is 0 Å². The molecule has 7 nitrogen and oxygen atoms in total. The fraction of sp³-hybridized carbons (Fsp3) is 0.300. The van der Waals surface area contributed by atoms with Crippen molar-refractivity contribution < 1.29 is 8.42 Å². The van der Waals surface area contributed by atoms with Gasteiger partial charge in [-0.3, -0.25) is 10.1 Å². The van der Waals surface area contributed by atoms with Crippen LogP contribution in [0.1, 0.15) is 11.1 Å². The second-order valence-corrected chi connectivity index (χ2v) is 9.03. The van der Waals surface area contributed by atoms with Crippen LogP contribution in [0, 0.1) is 13.8 Å². The summed E-state index contributed by atoms with van der Waals surface area (Å²) in [6.07, 6.45) is 3.49. The normalized spacial score (nSPS) is 15.7. The van der Waals surface area contributed by atoms with Crippen molar-refractivity contribution >= 4 is 15.8 Å². The van der Waals surface area contributed by atoms with Crippen LogP contribution in [0.4, 0.5) is 5.82 Å². The van der Waals surface area contributed by atoms with Crippen LogP contribution < -0.4 is 4.90 Å². The van der Waals surface area contributed by atoms with Gasteiger partial charge in [-0.25, -0.2) is 8.42 Å². The molecule has 1 saturated heterocycles. The molecule has 3 heterocycles. The number of H-pyrrole nitrogens is 1. The lowest BCUT2D eigenvalue weighted by Gasteiger charge is -2.34. The number of benzene rings is 1. The summed E-state index contributed by atoms with van der Waals surface area (Å²) in [7, 11) is -3.48. The van der Waals surface area contributed by atoms with Gasteiger partial charge in [-0.15, -0.1) is 0 Å². The van der Waals surface area contributed by atoms with E-state index < -0.39 is 10.0 Å². The third-order valence-electron chi connectivity index (χ3n) is 4.95. The van der Waals surface area contributed by atoms with Gasteiger partial charge in [0.25, 0.3) is 0 Å². The van der Waals surface area contributed by atoms with Crippen molar-refractivity contribution in [3.05, 3.63) is 59.9 Å². The largest absolute Gasteiger partial charge is 0.352 e. The van der Waals surface area contributed by atoms with E-state index in [-0.39, 0.29) is 0 Å². The van der Waals surface area contributed by atoms with Gasteiger partial charge >= 0.3 is 0 Å². The molecule has 0 spiro atoms. The number of rotatable bonds is 4. The fourth-order valence-electron chi connectivity index (χ4n) is 3.54. The second-order valence-electron chi connectivity index (χ2n) is 7.09. The maximum Gasteiger partial charge on any atom is 0.243 e. The Morgan fingerprint density at radius 2 is 1.57 bits per heavy atom. The van der Waals surface area contributed by atoms with Crippen LogP contribution in [0.15, 0.2) is 53.7 Å². The Bertz CT molecular complexity index is 1050. The summed E-state index contributed by atoms with van der Waals surface area (Å²) in [4.78, 5) is 6.51. The molecular formula is C20H23N5O2S. The average Bonchev–Trinajstić information content (AvgIpc) is 3.18. The first-order valence-electron chi connectivity index (χ1n) is 9.23. The highest BCUT2D eigenvalue weighted by atomic mass is 32.2. The number of nitrogens with zero attached hydrogens (tertiary/aromatic N) is 4. The second kappa shape index (κ2) is 7.37. The van der Waals surface area contributed by atoms with Crippen LogP contribution in [0.2, 0.25) is 0 Å². The number of hydrogen-bond donors (Lipinski definition) is 1. The SMILES string of the molecule is Cc1cc(C)cc(S(=O)(=O)N2CCN(c3cc(-c4ccncc4)[nH]n3)CC2)c1. The van der Waals surface area contributed by atoms with Crippen LogP contribution in [0.25, 0.3) is 11.3 Å². The molecular weight excluding hydrogens is 374 g/mol. The number of sulfonamides is 1. The molecule has 1 fully saturated rings. The van der Waals surface area contributed by atoms with E-state index in [1.54, 1.807) is 28.8 Å². The van der Waals surface area contributed by atoms with E-state index in [1.807, 2.05) is 38.1 Å². The third-order valence-corrected chi connectivity index (χ3v) is 6.83. The van der Waals surface area contributed by atoms with Crippen molar-refractivity contribution in [2.75, 3.05) is 31.1 Å². The summed E-state index contributed by atoms with van der Waals surface area (Å²) in [6, 6.07) is 11.3. The topological polar surface area (TPSA) is 82.2 Å². The minimum Gasteiger partial charge on any atom is -0.352 e. The minimum atomic E-state index is -3.48. The molecule has 4 rings (SSSR count). The number of aromatic nitrogens is 3. The van der Waals surface area contributed by atoms with Gasteiger partial charge in [-0.05, 0) is 49.2 Å². The number of pyridine rings is 1. The maximum atomic E-state index is 13.0. The Labute approximate surface area is 165 Å². The predicted molar refractivity (Wildman–Crippen MR) is 109 cm³/mol. The molecule has 2 aromatic heterocycles. The van der Waals surface area contributed by atoms with E-state index in [9.17, 15) is 8.42 Å². The number of anilines is 1. The molecule has 1 aliphatic rings. The monoisotopic (exact) mass is 397 g/mol. The molecule has 28 heavy (non-hydrogen) atoms. The molecule has 0 saturated carbocycles. The first-order valence-corrected chi connectivity index (χ1v) is 10.7. The van der Waals surface area contributed by atoms with Gasteiger partial charge in [0.15, 0.2) is 5.82 Å². The molecule has 0 amide bonds. The van der Waals surface area contributed by atoms with Gasteiger partial charge in [-0.2, -0.15) is 9.40 Å². The summed E-state index contributed by atoms with van der Waals surface area (Å²) in [6.45, 7) is 5.92. The molecule has 0 unspecified atom stereocenters. The maximum absolute atomic E-state index is 13.0. The van der Waals surface area contributed by atoms with Crippen molar-refractivity contribution in [1.82, 2.24) is 19.5 Å². The molecule has 3 aromatic rings. The van der Waals surface area contributed by atoms with E-state index in [2.05, 4.69) is 20.1 Å². The van der Waals surface area contributed by atoms with E-state index in [1.165, 1.54) is 0 Å². The minimum absolute atomic E-state index is 0.373. The Morgan fingerprint density at radius 1 is 0.929 bits per heavy atom. The lowest BCUT2D eigenvalue weighted by atomic mass is 10.2. The third kappa shape index (κ3) is 3.65.